The number of benzene rings is 2. The summed E-state index contributed by atoms with van der Waals surface area (Å²) in [5.41, 5.74) is -0.515. The van der Waals surface area contributed by atoms with Crippen LogP contribution in [0.4, 0.5) is 0 Å². The van der Waals surface area contributed by atoms with E-state index in [-0.39, 0.29) is 22.3 Å². The van der Waals surface area contributed by atoms with Gasteiger partial charge in [0.05, 0.1) is 11.1 Å². The van der Waals surface area contributed by atoms with E-state index >= 15 is 0 Å². The van der Waals surface area contributed by atoms with Crippen molar-refractivity contribution >= 4 is 21.8 Å². The highest BCUT2D eigenvalue weighted by molar-refractivity contribution is 7.91. The molecule has 0 saturated heterocycles. The molecule has 51 heavy (non-hydrogen) atoms. The predicted molar refractivity (Wildman–Crippen MR) is 205 cm³/mol. The molecule has 0 spiro atoms. The lowest BCUT2D eigenvalue weighted by atomic mass is 9.90. The van der Waals surface area contributed by atoms with Gasteiger partial charge in [-0.25, -0.2) is 18.0 Å². The highest BCUT2D eigenvalue weighted by atomic mass is 32.2. The summed E-state index contributed by atoms with van der Waals surface area (Å²) in [6.45, 7) is 7.93. The minimum atomic E-state index is -4.80. The molecular weight excluding hydrogens is 665 g/mol. The van der Waals surface area contributed by atoms with Crippen LogP contribution in [0.25, 0.3) is 0 Å². The van der Waals surface area contributed by atoms with E-state index in [1.807, 2.05) is 0 Å². The summed E-state index contributed by atoms with van der Waals surface area (Å²) in [6, 6.07) is 4.53. The van der Waals surface area contributed by atoms with E-state index in [0.29, 0.717) is 12.8 Å². The van der Waals surface area contributed by atoms with Crippen molar-refractivity contribution in [2.45, 2.75) is 191 Å². The molecule has 0 aliphatic rings. The Morgan fingerprint density at radius 2 is 0.784 bits per heavy atom. The number of unbranched alkanes of at least 4 members (excludes halogenated alkanes) is 18. The zero-order valence-corrected chi connectivity index (χ0v) is 32.7. The molecule has 0 aromatic heterocycles. The SMILES string of the molecule is CCCCCCCCCCCCC(C)c1c(C(=O)O)ccc(O)c1S(=O)(=O)c1c(O)ccc(C(=O)O)c1C(C)CCCCCCCCCCCC. The zero-order chi connectivity index (χ0) is 37.8. The van der Waals surface area contributed by atoms with Crippen LogP contribution in [0.15, 0.2) is 34.1 Å². The lowest BCUT2D eigenvalue weighted by Crippen LogP contribution is -2.17. The fraction of sp³-hybridized carbons (Fsp3) is 0.667. The first-order chi connectivity index (χ1) is 24.4. The summed E-state index contributed by atoms with van der Waals surface area (Å²) in [6.07, 6.45) is 23.5. The minimum absolute atomic E-state index is 0.0214. The first-order valence-corrected chi connectivity index (χ1v) is 21.3. The molecule has 0 radical (unpaired) electrons. The number of carboxylic acid groups (broad SMARTS) is 2. The topological polar surface area (TPSA) is 149 Å². The molecule has 0 saturated carbocycles. The molecule has 288 valence electrons. The smallest absolute Gasteiger partial charge is 0.336 e. The van der Waals surface area contributed by atoms with Crippen LogP contribution in [0.3, 0.4) is 0 Å². The van der Waals surface area contributed by atoms with Gasteiger partial charge in [-0.05, 0) is 60.1 Å². The second-order valence-electron chi connectivity index (χ2n) is 14.6. The summed E-state index contributed by atoms with van der Waals surface area (Å²) in [4.78, 5) is 23.7. The first-order valence-electron chi connectivity index (χ1n) is 19.8. The Balaban J connectivity index is 2.33. The third-order valence-corrected chi connectivity index (χ3v) is 12.2. The van der Waals surface area contributed by atoms with E-state index < -0.39 is 54.9 Å². The number of hydrogen-bond donors (Lipinski definition) is 4. The minimum Gasteiger partial charge on any atom is -0.507 e. The monoisotopic (exact) mass is 730 g/mol. The maximum Gasteiger partial charge on any atom is 0.336 e. The largest absolute Gasteiger partial charge is 0.507 e. The maximum atomic E-state index is 14.7. The van der Waals surface area contributed by atoms with Gasteiger partial charge in [-0.1, -0.05) is 156 Å². The van der Waals surface area contributed by atoms with Gasteiger partial charge in [0.1, 0.15) is 21.3 Å². The molecule has 0 aliphatic carbocycles. The van der Waals surface area contributed by atoms with Crippen molar-refractivity contribution in [2.75, 3.05) is 0 Å². The summed E-state index contributed by atoms with van der Waals surface area (Å²) in [7, 11) is -4.80. The molecule has 0 amide bonds. The number of aromatic hydroxyl groups is 2. The summed E-state index contributed by atoms with van der Waals surface area (Å²) >= 11 is 0. The third-order valence-electron chi connectivity index (χ3n) is 10.3. The molecule has 4 N–H and O–H groups in total. The Labute approximate surface area is 308 Å². The Morgan fingerprint density at radius 3 is 1.06 bits per heavy atom. The van der Waals surface area contributed by atoms with E-state index in [1.54, 1.807) is 13.8 Å². The number of carboxylic acids is 2. The van der Waals surface area contributed by atoms with Gasteiger partial charge >= 0.3 is 11.9 Å². The van der Waals surface area contributed by atoms with Crippen molar-refractivity contribution in [3.63, 3.8) is 0 Å². The van der Waals surface area contributed by atoms with Crippen LogP contribution in [0.5, 0.6) is 11.5 Å². The van der Waals surface area contributed by atoms with Crippen LogP contribution >= 0.6 is 0 Å². The van der Waals surface area contributed by atoms with Crippen LogP contribution in [0, 0.1) is 0 Å². The van der Waals surface area contributed by atoms with Crippen LogP contribution in [0.2, 0.25) is 0 Å². The van der Waals surface area contributed by atoms with Gasteiger partial charge in [0.2, 0.25) is 9.84 Å². The first kappa shape index (κ1) is 44.1. The molecule has 0 fully saturated rings. The van der Waals surface area contributed by atoms with Gasteiger partial charge in [0, 0.05) is 0 Å². The summed E-state index contributed by atoms with van der Waals surface area (Å²) < 4.78 is 29.3. The second-order valence-corrected chi connectivity index (χ2v) is 16.4. The van der Waals surface area contributed by atoms with Crippen molar-refractivity contribution in [1.82, 2.24) is 0 Å². The van der Waals surface area contributed by atoms with E-state index in [9.17, 15) is 38.4 Å². The number of carbonyl (C=O) groups is 2. The average Bonchev–Trinajstić information content (AvgIpc) is 3.08. The van der Waals surface area contributed by atoms with Crippen molar-refractivity contribution in [3.05, 3.63) is 46.5 Å². The molecule has 2 atom stereocenters. The lowest BCUT2D eigenvalue weighted by molar-refractivity contribution is 0.0684. The van der Waals surface area contributed by atoms with Crippen LogP contribution in [-0.2, 0) is 9.84 Å². The van der Waals surface area contributed by atoms with Crippen LogP contribution in [-0.4, -0.2) is 40.8 Å². The number of hydrogen-bond acceptors (Lipinski definition) is 6. The Hall–Kier alpha value is -3.07. The average molecular weight is 731 g/mol. The predicted octanol–water partition coefficient (Wildman–Crippen LogP) is 12.2. The van der Waals surface area contributed by atoms with Crippen LogP contribution in [0.1, 0.15) is 213 Å². The third kappa shape index (κ3) is 13.8. The number of phenols is 2. The molecule has 2 unspecified atom stereocenters. The Kier molecular flexibility index (Phi) is 20.3. The number of phenolic OH excluding ortho intramolecular Hbond substituents is 2. The molecule has 8 nitrogen and oxygen atoms in total. The fourth-order valence-corrected chi connectivity index (χ4v) is 9.45. The molecule has 2 rings (SSSR count). The second kappa shape index (κ2) is 23.5. The number of sulfone groups is 1. The highest BCUT2D eigenvalue weighted by Crippen LogP contribution is 2.45. The van der Waals surface area contributed by atoms with Gasteiger partial charge in [-0.3, -0.25) is 0 Å². The zero-order valence-electron chi connectivity index (χ0n) is 31.9. The van der Waals surface area contributed by atoms with Crippen LogP contribution < -0.4 is 0 Å². The fourth-order valence-electron chi connectivity index (χ4n) is 7.36. The molecule has 0 aliphatic heterocycles. The van der Waals surface area contributed by atoms with Gasteiger partial charge in [-0.15, -0.1) is 0 Å². The van der Waals surface area contributed by atoms with Gasteiger partial charge < -0.3 is 20.4 Å². The maximum absolute atomic E-state index is 14.7. The lowest BCUT2D eigenvalue weighted by Gasteiger charge is -2.24. The Bertz CT molecular complexity index is 1360. The number of rotatable bonds is 28. The molecule has 0 heterocycles. The van der Waals surface area contributed by atoms with E-state index in [0.717, 1.165) is 63.5 Å². The van der Waals surface area contributed by atoms with E-state index in [2.05, 4.69) is 13.8 Å². The molecule has 0 bridgehead atoms. The quantitative estimate of drug-likeness (QED) is 0.0632. The summed E-state index contributed by atoms with van der Waals surface area (Å²) in [5, 5.41) is 42.5. The standard InChI is InChI=1S/C42H66O8S/c1-5-7-9-11-13-15-17-19-21-23-25-31(3)37-33(41(45)46)27-29-35(43)39(37)51(49,50)40-36(44)30-28-34(42(47)48)38(40)32(4)26-24-22-20-18-16-14-12-10-8-6-2/h27-32,43-44H,5-26H2,1-4H3,(H,45,46)(H,47,48). The van der Waals surface area contributed by atoms with Gasteiger partial charge in [0.25, 0.3) is 0 Å². The van der Waals surface area contributed by atoms with Gasteiger partial charge in [0.15, 0.2) is 0 Å². The highest BCUT2D eigenvalue weighted by Gasteiger charge is 2.37. The van der Waals surface area contributed by atoms with E-state index in [1.165, 1.54) is 89.2 Å². The molecule has 2 aromatic carbocycles. The van der Waals surface area contributed by atoms with Crippen molar-refractivity contribution < 1.29 is 38.4 Å². The molecule has 2 aromatic rings. The molecular formula is C42H66O8S. The van der Waals surface area contributed by atoms with Crippen molar-refractivity contribution in [3.8, 4) is 11.5 Å². The normalized spacial score (nSPS) is 12.9. The van der Waals surface area contributed by atoms with Crippen molar-refractivity contribution in [2.24, 2.45) is 0 Å². The number of aromatic carboxylic acids is 2. The Morgan fingerprint density at radius 1 is 0.510 bits per heavy atom. The van der Waals surface area contributed by atoms with Gasteiger partial charge in [-0.2, -0.15) is 0 Å². The summed E-state index contributed by atoms with van der Waals surface area (Å²) in [5.74, 6) is -4.99. The molecule has 9 heteroatoms. The van der Waals surface area contributed by atoms with Crippen molar-refractivity contribution in [1.29, 1.82) is 0 Å². The van der Waals surface area contributed by atoms with E-state index in [4.69, 9.17) is 0 Å².